The minimum atomic E-state index is 0.589. The number of aromatic nitrogens is 1. The molecule has 136 valence electrons. The summed E-state index contributed by atoms with van der Waals surface area (Å²) in [5.74, 6) is 0.844. The first-order chi connectivity index (χ1) is 12.1. The molecule has 2 rings (SSSR count). The standard InChI is InChI=1S/C18H26BrN5S/c1-4-20-17(22-12-16-13-25-18(23-16)24(2)3)21-10-6-8-14-7-5-9-15(19)11-14/h5,7,9,11,13H,4,6,8,10,12H2,1-3H3,(H2,20,21,22). The summed E-state index contributed by atoms with van der Waals surface area (Å²) in [5, 5.41) is 9.76. The van der Waals surface area contributed by atoms with Gasteiger partial charge < -0.3 is 15.5 Å². The van der Waals surface area contributed by atoms with Crippen LogP contribution in [0.4, 0.5) is 5.13 Å². The van der Waals surface area contributed by atoms with Gasteiger partial charge in [-0.15, -0.1) is 11.3 Å². The Morgan fingerprint density at radius 3 is 2.84 bits per heavy atom. The predicted octanol–water partition coefficient (Wildman–Crippen LogP) is 3.66. The second kappa shape index (κ2) is 10.4. The number of aliphatic imine (C=N–C) groups is 1. The Bertz CT molecular complexity index is 684. The van der Waals surface area contributed by atoms with Crippen LogP contribution in [0.5, 0.6) is 0 Å². The summed E-state index contributed by atoms with van der Waals surface area (Å²) >= 11 is 5.16. The second-order valence-corrected chi connectivity index (χ2v) is 7.62. The number of nitrogens with one attached hydrogen (secondary N) is 2. The topological polar surface area (TPSA) is 52.6 Å². The molecule has 0 bridgehead atoms. The maximum Gasteiger partial charge on any atom is 0.191 e. The first kappa shape index (κ1) is 19.7. The van der Waals surface area contributed by atoms with Crippen LogP contribution < -0.4 is 15.5 Å². The van der Waals surface area contributed by atoms with Gasteiger partial charge in [-0.25, -0.2) is 9.98 Å². The van der Waals surface area contributed by atoms with Gasteiger partial charge in [0, 0.05) is 37.0 Å². The molecule has 0 atom stereocenters. The number of anilines is 1. The first-order valence-electron chi connectivity index (χ1n) is 8.47. The summed E-state index contributed by atoms with van der Waals surface area (Å²) < 4.78 is 1.13. The van der Waals surface area contributed by atoms with E-state index in [1.807, 2.05) is 19.0 Å². The largest absolute Gasteiger partial charge is 0.357 e. The van der Waals surface area contributed by atoms with E-state index in [-0.39, 0.29) is 0 Å². The lowest BCUT2D eigenvalue weighted by Gasteiger charge is -2.11. The summed E-state index contributed by atoms with van der Waals surface area (Å²) in [6.07, 6.45) is 2.10. The van der Waals surface area contributed by atoms with Crippen LogP contribution in [0.2, 0.25) is 0 Å². The van der Waals surface area contributed by atoms with Gasteiger partial charge in [-0.2, -0.15) is 0 Å². The van der Waals surface area contributed by atoms with E-state index in [1.54, 1.807) is 11.3 Å². The van der Waals surface area contributed by atoms with Gasteiger partial charge in [0.25, 0.3) is 0 Å². The minimum absolute atomic E-state index is 0.589. The summed E-state index contributed by atoms with van der Waals surface area (Å²) in [4.78, 5) is 11.2. The van der Waals surface area contributed by atoms with Crippen molar-refractivity contribution in [3.8, 4) is 0 Å². The molecule has 0 saturated heterocycles. The molecule has 2 N–H and O–H groups in total. The van der Waals surface area contributed by atoms with Crippen molar-refractivity contribution in [1.29, 1.82) is 0 Å². The van der Waals surface area contributed by atoms with Gasteiger partial charge in [-0.1, -0.05) is 28.1 Å². The van der Waals surface area contributed by atoms with Gasteiger partial charge in [0.05, 0.1) is 12.2 Å². The summed E-state index contributed by atoms with van der Waals surface area (Å²) in [6, 6.07) is 8.46. The zero-order chi connectivity index (χ0) is 18.1. The third-order valence-corrected chi connectivity index (χ3v) is 5.04. The molecule has 7 heteroatoms. The molecule has 1 aromatic carbocycles. The number of rotatable bonds is 8. The Morgan fingerprint density at radius 2 is 2.16 bits per heavy atom. The highest BCUT2D eigenvalue weighted by Crippen LogP contribution is 2.18. The smallest absolute Gasteiger partial charge is 0.191 e. The molecule has 25 heavy (non-hydrogen) atoms. The maximum absolute atomic E-state index is 4.63. The Kier molecular flexibility index (Phi) is 8.21. The van der Waals surface area contributed by atoms with E-state index < -0.39 is 0 Å². The van der Waals surface area contributed by atoms with E-state index in [0.29, 0.717) is 6.54 Å². The van der Waals surface area contributed by atoms with Crippen molar-refractivity contribution >= 4 is 38.4 Å². The van der Waals surface area contributed by atoms with E-state index in [1.165, 1.54) is 5.56 Å². The van der Waals surface area contributed by atoms with Crippen molar-refractivity contribution in [3.63, 3.8) is 0 Å². The van der Waals surface area contributed by atoms with Crippen LogP contribution in [0.1, 0.15) is 24.6 Å². The highest BCUT2D eigenvalue weighted by Gasteiger charge is 2.04. The molecular formula is C18H26BrN5S. The Hall–Kier alpha value is -1.60. The fourth-order valence-electron chi connectivity index (χ4n) is 2.27. The Balaban J connectivity index is 1.80. The summed E-state index contributed by atoms with van der Waals surface area (Å²) in [5.41, 5.74) is 2.34. The molecule has 5 nitrogen and oxygen atoms in total. The monoisotopic (exact) mass is 423 g/mol. The van der Waals surface area contributed by atoms with Crippen LogP contribution in [-0.2, 0) is 13.0 Å². The predicted molar refractivity (Wildman–Crippen MR) is 112 cm³/mol. The molecule has 0 unspecified atom stereocenters. The van der Waals surface area contributed by atoms with Crippen molar-refractivity contribution in [1.82, 2.24) is 15.6 Å². The highest BCUT2D eigenvalue weighted by atomic mass is 79.9. The minimum Gasteiger partial charge on any atom is -0.357 e. The lowest BCUT2D eigenvalue weighted by molar-refractivity contribution is 0.743. The number of thiazole rings is 1. The number of guanidine groups is 1. The molecule has 0 fully saturated rings. The summed E-state index contributed by atoms with van der Waals surface area (Å²) in [6.45, 7) is 4.40. The number of hydrogen-bond donors (Lipinski definition) is 2. The SMILES string of the molecule is CCNC(=NCc1csc(N(C)C)n1)NCCCc1cccc(Br)c1. The third kappa shape index (κ3) is 7.04. The van der Waals surface area contributed by atoms with Crippen LogP contribution >= 0.6 is 27.3 Å². The van der Waals surface area contributed by atoms with E-state index in [9.17, 15) is 0 Å². The quantitative estimate of drug-likeness (QED) is 0.386. The summed E-state index contributed by atoms with van der Waals surface area (Å²) in [7, 11) is 4.01. The number of halogens is 1. The van der Waals surface area contributed by atoms with Crippen molar-refractivity contribution in [2.24, 2.45) is 4.99 Å². The van der Waals surface area contributed by atoms with Gasteiger partial charge in [0.2, 0.25) is 0 Å². The number of hydrogen-bond acceptors (Lipinski definition) is 4. The van der Waals surface area contributed by atoms with Gasteiger partial charge in [-0.3, -0.25) is 0 Å². The zero-order valence-corrected chi connectivity index (χ0v) is 17.5. The molecule has 0 radical (unpaired) electrons. The van der Waals surface area contributed by atoms with E-state index in [2.05, 4.69) is 73.1 Å². The van der Waals surface area contributed by atoms with E-state index in [4.69, 9.17) is 0 Å². The number of aryl methyl sites for hydroxylation is 1. The molecule has 0 saturated carbocycles. The fourth-order valence-corrected chi connectivity index (χ4v) is 3.46. The third-order valence-electron chi connectivity index (χ3n) is 3.49. The van der Waals surface area contributed by atoms with Gasteiger partial charge >= 0.3 is 0 Å². The molecule has 0 aliphatic rings. The van der Waals surface area contributed by atoms with Gasteiger partial charge in [0.1, 0.15) is 0 Å². The Morgan fingerprint density at radius 1 is 1.32 bits per heavy atom. The van der Waals surface area contributed by atoms with Crippen molar-refractivity contribution < 1.29 is 0 Å². The van der Waals surface area contributed by atoms with Crippen LogP contribution in [0.25, 0.3) is 0 Å². The first-order valence-corrected chi connectivity index (χ1v) is 10.1. The molecule has 2 aromatic rings. The van der Waals surface area contributed by atoms with E-state index in [0.717, 1.165) is 47.2 Å². The van der Waals surface area contributed by atoms with Crippen LogP contribution in [-0.4, -0.2) is 38.1 Å². The number of benzene rings is 1. The lowest BCUT2D eigenvalue weighted by Crippen LogP contribution is -2.37. The van der Waals surface area contributed by atoms with Crippen LogP contribution in [0.15, 0.2) is 39.1 Å². The van der Waals surface area contributed by atoms with Gasteiger partial charge in [-0.05, 0) is 37.5 Å². The average molecular weight is 424 g/mol. The maximum atomic E-state index is 4.63. The van der Waals surface area contributed by atoms with Crippen LogP contribution in [0, 0.1) is 0 Å². The van der Waals surface area contributed by atoms with Crippen LogP contribution in [0.3, 0.4) is 0 Å². The molecule has 0 aliphatic heterocycles. The molecule has 1 aromatic heterocycles. The molecule has 0 spiro atoms. The molecule has 1 heterocycles. The Labute approximate surface area is 162 Å². The van der Waals surface area contributed by atoms with Crippen molar-refractivity contribution in [3.05, 3.63) is 45.4 Å². The van der Waals surface area contributed by atoms with E-state index >= 15 is 0 Å². The average Bonchev–Trinajstić information content (AvgIpc) is 3.06. The lowest BCUT2D eigenvalue weighted by atomic mass is 10.1. The number of nitrogens with zero attached hydrogens (tertiary/aromatic N) is 3. The molecule has 0 amide bonds. The van der Waals surface area contributed by atoms with Gasteiger partial charge in [0.15, 0.2) is 11.1 Å². The fraction of sp³-hybridized carbons (Fsp3) is 0.444. The van der Waals surface area contributed by atoms with Crippen molar-refractivity contribution in [2.45, 2.75) is 26.3 Å². The normalized spacial score (nSPS) is 11.4. The van der Waals surface area contributed by atoms with Crippen molar-refractivity contribution in [2.75, 3.05) is 32.1 Å². The molecule has 0 aliphatic carbocycles. The second-order valence-electron chi connectivity index (χ2n) is 5.87. The zero-order valence-electron chi connectivity index (χ0n) is 15.1. The molecular weight excluding hydrogens is 398 g/mol. The highest BCUT2D eigenvalue weighted by molar-refractivity contribution is 9.10.